The highest BCUT2D eigenvalue weighted by molar-refractivity contribution is 4.90. The zero-order valence-electron chi connectivity index (χ0n) is 8.71. The van der Waals surface area contributed by atoms with Gasteiger partial charge >= 0.3 is 0 Å². The fourth-order valence-corrected chi connectivity index (χ4v) is 2.48. The largest absolute Gasteiger partial charge is 0.329 e. The molecule has 1 atom stereocenters. The maximum Gasteiger partial charge on any atom is 0.0246 e. The summed E-state index contributed by atoms with van der Waals surface area (Å²) in [7, 11) is 0. The highest BCUT2D eigenvalue weighted by Crippen LogP contribution is 2.36. The van der Waals surface area contributed by atoms with Crippen molar-refractivity contribution >= 4 is 0 Å². The van der Waals surface area contributed by atoms with Crippen LogP contribution in [0.4, 0.5) is 0 Å². The molecule has 0 aromatic carbocycles. The van der Waals surface area contributed by atoms with Gasteiger partial charge < -0.3 is 5.73 Å². The van der Waals surface area contributed by atoms with E-state index in [1.165, 1.54) is 38.8 Å². The minimum atomic E-state index is 0.715. The number of piperidine rings is 1. The van der Waals surface area contributed by atoms with Gasteiger partial charge in [0.05, 0.1) is 0 Å². The molecule has 2 fully saturated rings. The smallest absolute Gasteiger partial charge is 0.0246 e. The molecule has 0 aromatic heterocycles. The Kier molecular flexibility index (Phi) is 2.89. The van der Waals surface area contributed by atoms with Crippen molar-refractivity contribution in [3.63, 3.8) is 0 Å². The monoisotopic (exact) mass is 182 g/mol. The van der Waals surface area contributed by atoms with Gasteiger partial charge in [-0.1, -0.05) is 6.92 Å². The SMILES string of the molecule is CC1CCN(C(CN)C2CC2)CC1. The molecule has 0 aromatic rings. The van der Waals surface area contributed by atoms with E-state index in [9.17, 15) is 0 Å². The minimum Gasteiger partial charge on any atom is -0.329 e. The minimum absolute atomic E-state index is 0.715. The maximum absolute atomic E-state index is 5.84. The van der Waals surface area contributed by atoms with Gasteiger partial charge in [-0.15, -0.1) is 0 Å². The summed E-state index contributed by atoms with van der Waals surface area (Å²) in [6, 6.07) is 0.715. The number of rotatable bonds is 3. The summed E-state index contributed by atoms with van der Waals surface area (Å²) in [6.07, 6.45) is 5.61. The predicted molar refractivity (Wildman–Crippen MR) is 55.5 cm³/mol. The molecule has 2 nitrogen and oxygen atoms in total. The first-order valence-electron chi connectivity index (χ1n) is 5.75. The molecule has 0 radical (unpaired) electrons. The van der Waals surface area contributed by atoms with Gasteiger partial charge in [0.1, 0.15) is 0 Å². The second kappa shape index (κ2) is 3.97. The van der Waals surface area contributed by atoms with Gasteiger partial charge in [0, 0.05) is 12.6 Å². The Hall–Kier alpha value is -0.0800. The molecule has 1 saturated carbocycles. The van der Waals surface area contributed by atoms with Crippen molar-refractivity contribution in [1.82, 2.24) is 4.90 Å². The molecule has 0 amide bonds. The van der Waals surface area contributed by atoms with Crippen LogP contribution in [0.1, 0.15) is 32.6 Å². The summed E-state index contributed by atoms with van der Waals surface area (Å²) in [5, 5.41) is 0. The van der Waals surface area contributed by atoms with E-state index >= 15 is 0 Å². The highest BCUT2D eigenvalue weighted by atomic mass is 15.2. The molecule has 2 aliphatic rings. The van der Waals surface area contributed by atoms with Crippen LogP contribution in [-0.2, 0) is 0 Å². The van der Waals surface area contributed by atoms with Crippen molar-refractivity contribution in [1.29, 1.82) is 0 Å². The lowest BCUT2D eigenvalue weighted by atomic mass is 9.97. The first-order valence-corrected chi connectivity index (χ1v) is 5.75. The van der Waals surface area contributed by atoms with Crippen LogP contribution in [0.2, 0.25) is 0 Å². The lowest BCUT2D eigenvalue weighted by Gasteiger charge is -2.36. The van der Waals surface area contributed by atoms with Crippen molar-refractivity contribution in [3.05, 3.63) is 0 Å². The molecule has 1 aliphatic carbocycles. The van der Waals surface area contributed by atoms with Crippen molar-refractivity contribution in [2.75, 3.05) is 19.6 Å². The van der Waals surface area contributed by atoms with Crippen LogP contribution in [0.5, 0.6) is 0 Å². The van der Waals surface area contributed by atoms with Crippen LogP contribution in [0.15, 0.2) is 0 Å². The summed E-state index contributed by atoms with van der Waals surface area (Å²) < 4.78 is 0. The van der Waals surface area contributed by atoms with E-state index in [4.69, 9.17) is 5.73 Å². The van der Waals surface area contributed by atoms with Crippen molar-refractivity contribution in [2.24, 2.45) is 17.6 Å². The van der Waals surface area contributed by atoms with Crippen LogP contribution < -0.4 is 5.73 Å². The van der Waals surface area contributed by atoms with Gasteiger partial charge in [-0.05, 0) is 50.6 Å². The highest BCUT2D eigenvalue weighted by Gasteiger charge is 2.35. The fraction of sp³-hybridized carbons (Fsp3) is 1.00. The molecule has 2 heteroatoms. The Bertz CT molecular complexity index is 157. The standard InChI is InChI=1S/C11H22N2/c1-9-4-6-13(7-5-9)11(8-12)10-2-3-10/h9-11H,2-8,12H2,1H3. The van der Waals surface area contributed by atoms with E-state index in [0.29, 0.717) is 6.04 Å². The van der Waals surface area contributed by atoms with Crippen LogP contribution in [0.3, 0.4) is 0 Å². The van der Waals surface area contributed by atoms with Gasteiger partial charge in [0.15, 0.2) is 0 Å². The average Bonchev–Trinajstić information content (AvgIpc) is 2.93. The molecule has 13 heavy (non-hydrogen) atoms. The molecule has 2 rings (SSSR count). The van der Waals surface area contributed by atoms with Gasteiger partial charge in [-0.25, -0.2) is 0 Å². The van der Waals surface area contributed by atoms with Crippen LogP contribution in [0, 0.1) is 11.8 Å². The molecule has 0 spiro atoms. The van der Waals surface area contributed by atoms with Gasteiger partial charge in [0.25, 0.3) is 0 Å². The summed E-state index contributed by atoms with van der Waals surface area (Å²) >= 11 is 0. The second-order valence-electron chi connectivity index (χ2n) is 4.86. The first-order chi connectivity index (χ1) is 6.31. The third-order valence-electron chi connectivity index (χ3n) is 3.69. The molecule has 1 saturated heterocycles. The third kappa shape index (κ3) is 2.23. The van der Waals surface area contributed by atoms with Crippen LogP contribution >= 0.6 is 0 Å². The molecule has 76 valence electrons. The van der Waals surface area contributed by atoms with E-state index in [2.05, 4.69) is 11.8 Å². The lowest BCUT2D eigenvalue weighted by molar-refractivity contribution is 0.127. The Morgan fingerprint density at radius 3 is 2.31 bits per heavy atom. The molecule has 0 bridgehead atoms. The number of nitrogens with zero attached hydrogens (tertiary/aromatic N) is 1. The molecule has 1 heterocycles. The molecule has 2 N–H and O–H groups in total. The Morgan fingerprint density at radius 2 is 1.85 bits per heavy atom. The summed E-state index contributed by atoms with van der Waals surface area (Å²) in [6.45, 7) is 5.82. The van der Waals surface area contributed by atoms with Gasteiger partial charge in [0.2, 0.25) is 0 Å². The number of hydrogen-bond donors (Lipinski definition) is 1. The Labute approximate surface area is 81.5 Å². The first kappa shape index (κ1) is 9.47. The number of likely N-dealkylation sites (tertiary alicyclic amines) is 1. The van der Waals surface area contributed by atoms with Crippen molar-refractivity contribution in [2.45, 2.75) is 38.6 Å². The second-order valence-corrected chi connectivity index (χ2v) is 4.86. The van der Waals surface area contributed by atoms with Gasteiger partial charge in [-0.3, -0.25) is 4.90 Å². The number of nitrogens with two attached hydrogens (primary N) is 1. The summed E-state index contributed by atoms with van der Waals surface area (Å²) in [5.74, 6) is 1.88. The number of hydrogen-bond acceptors (Lipinski definition) is 2. The third-order valence-corrected chi connectivity index (χ3v) is 3.69. The van der Waals surface area contributed by atoms with Crippen molar-refractivity contribution in [3.8, 4) is 0 Å². The van der Waals surface area contributed by atoms with E-state index in [0.717, 1.165) is 18.4 Å². The predicted octanol–water partition coefficient (Wildman–Crippen LogP) is 1.46. The zero-order valence-corrected chi connectivity index (χ0v) is 8.71. The van der Waals surface area contributed by atoms with Crippen LogP contribution in [-0.4, -0.2) is 30.6 Å². The molecular formula is C11H22N2. The topological polar surface area (TPSA) is 29.3 Å². The molecule has 1 unspecified atom stereocenters. The Morgan fingerprint density at radius 1 is 1.23 bits per heavy atom. The van der Waals surface area contributed by atoms with E-state index in [1.54, 1.807) is 0 Å². The van der Waals surface area contributed by atoms with Crippen LogP contribution in [0.25, 0.3) is 0 Å². The van der Waals surface area contributed by atoms with Crippen molar-refractivity contribution < 1.29 is 0 Å². The normalized spacial score (nSPS) is 29.1. The average molecular weight is 182 g/mol. The molecule has 1 aliphatic heterocycles. The van der Waals surface area contributed by atoms with E-state index in [-0.39, 0.29) is 0 Å². The lowest BCUT2D eigenvalue weighted by Crippen LogP contribution is -2.46. The zero-order chi connectivity index (χ0) is 9.26. The fourth-order valence-electron chi connectivity index (χ4n) is 2.48. The maximum atomic E-state index is 5.84. The van der Waals surface area contributed by atoms with E-state index < -0.39 is 0 Å². The molecular weight excluding hydrogens is 160 g/mol. The van der Waals surface area contributed by atoms with E-state index in [1.807, 2.05) is 0 Å². The summed E-state index contributed by atoms with van der Waals surface area (Å²) in [4.78, 5) is 2.64. The summed E-state index contributed by atoms with van der Waals surface area (Å²) in [5.41, 5.74) is 5.84. The Balaban J connectivity index is 1.84. The quantitative estimate of drug-likeness (QED) is 0.716. The van der Waals surface area contributed by atoms with Gasteiger partial charge in [-0.2, -0.15) is 0 Å².